The highest BCUT2D eigenvalue weighted by atomic mass is 32.1. The van der Waals surface area contributed by atoms with Gasteiger partial charge in [0.25, 0.3) is 0 Å². The van der Waals surface area contributed by atoms with Gasteiger partial charge in [0.2, 0.25) is 5.91 Å². The van der Waals surface area contributed by atoms with Crippen molar-refractivity contribution in [3.8, 4) is 11.4 Å². The van der Waals surface area contributed by atoms with E-state index in [0.29, 0.717) is 17.4 Å². The third kappa shape index (κ3) is 5.25. The fourth-order valence-electron chi connectivity index (χ4n) is 4.71. The maximum Gasteiger partial charge on any atom is 0.250 e. The summed E-state index contributed by atoms with van der Waals surface area (Å²) in [5.74, 6) is 0.624. The molecule has 2 aromatic heterocycles. The maximum absolute atomic E-state index is 11.9. The van der Waals surface area contributed by atoms with Crippen molar-refractivity contribution in [3.05, 3.63) is 103 Å². The second-order valence-corrected chi connectivity index (χ2v) is 9.14. The van der Waals surface area contributed by atoms with E-state index in [2.05, 4.69) is 37.3 Å². The van der Waals surface area contributed by atoms with Crippen LogP contribution >= 0.6 is 12.2 Å². The first-order chi connectivity index (χ1) is 18.6. The number of methoxy groups -OCH3 is 1. The van der Waals surface area contributed by atoms with E-state index in [9.17, 15) is 4.79 Å². The van der Waals surface area contributed by atoms with E-state index in [-0.39, 0.29) is 24.6 Å². The van der Waals surface area contributed by atoms with E-state index in [0.717, 1.165) is 28.5 Å². The zero-order chi connectivity index (χ0) is 26.5. The topological polar surface area (TPSA) is 80.7 Å². The third-order valence-electron chi connectivity index (χ3n) is 6.31. The molecule has 2 N–H and O–H groups in total. The Morgan fingerprint density at radius 1 is 1.03 bits per heavy atom. The quantitative estimate of drug-likeness (QED) is 0.296. The Hall–Kier alpha value is -4.21. The van der Waals surface area contributed by atoms with Gasteiger partial charge in [0.05, 0.1) is 18.3 Å². The van der Waals surface area contributed by atoms with Crippen LogP contribution in [0.5, 0.6) is 5.75 Å². The number of carbonyl (C=O) groups is 1. The van der Waals surface area contributed by atoms with E-state index >= 15 is 0 Å². The van der Waals surface area contributed by atoms with Crippen molar-refractivity contribution >= 4 is 34.6 Å². The molecular weight excluding hydrogens is 498 g/mol. The molecule has 0 aliphatic carbocycles. The van der Waals surface area contributed by atoms with Gasteiger partial charge in [-0.05, 0) is 91.9 Å². The lowest BCUT2D eigenvalue weighted by molar-refractivity contribution is -0.119. The number of ether oxygens (including phenoxy) is 2. The van der Waals surface area contributed by atoms with Gasteiger partial charge >= 0.3 is 0 Å². The second-order valence-electron chi connectivity index (χ2n) is 8.75. The number of thiocarbonyl (C=S) groups is 1. The number of hydrogen-bond acceptors (Lipinski definition) is 5. The van der Waals surface area contributed by atoms with Gasteiger partial charge in [0, 0.05) is 42.3 Å². The molecule has 0 radical (unpaired) electrons. The van der Waals surface area contributed by atoms with E-state index in [4.69, 9.17) is 21.7 Å². The molecule has 3 heterocycles. The van der Waals surface area contributed by atoms with Crippen molar-refractivity contribution < 1.29 is 14.3 Å². The minimum absolute atomic E-state index is 0.00174. The summed E-state index contributed by atoms with van der Waals surface area (Å²) in [5.41, 5.74) is 4.54. The van der Waals surface area contributed by atoms with Gasteiger partial charge in [-0.1, -0.05) is 6.07 Å². The van der Waals surface area contributed by atoms with Gasteiger partial charge in [0.15, 0.2) is 5.11 Å². The molecule has 0 bridgehead atoms. The normalized spacial score (nSPS) is 16.8. The van der Waals surface area contributed by atoms with Gasteiger partial charge in [-0.2, -0.15) is 0 Å². The summed E-state index contributed by atoms with van der Waals surface area (Å²) in [5, 5.41) is 6.93. The van der Waals surface area contributed by atoms with Crippen LogP contribution in [0.3, 0.4) is 0 Å². The molecule has 2 aromatic carbocycles. The number of benzene rings is 2. The van der Waals surface area contributed by atoms with Crippen LogP contribution in [-0.2, 0) is 9.53 Å². The number of pyridine rings is 1. The fourth-order valence-corrected chi connectivity index (χ4v) is 5.05. The summed E-state index contributed by atoms with van der Waals surface area (Å²) in [6, 6.07) is 25.4. The van der Waals surface area contributed by atoms with Gasteiger partial charge in [-0.3, -0.25) is 9.78 Å². The summed E-state index contributed by atoms with van der Waals surface area (Å²) in [4.78, 5) is 18.7. The average Bonchev–Trinajstić information content (AvgIpc) is 3.55. The van der Waals surface area contributed by atoms with Crippen molar-refractivity contribution in [3.63, 3.8) is 0 Å². The molecule has 194 valence electrons. The smallest absolute Gasteiger partial charge is 0.250 e. The number of carbonyl (C=O) groups excluding carboxylic acids is 1. The number of anilines is 2. The SMILES string of the molecule is CCOc1ccc(-n2cccc2C2C(c3ccccn3)NC(=S)N2c2ccc(NC(=O)COC)cc2)cc1. The van der Waals surface area contributed by atoms with Gasteiger partial charge < -0.3 is 29.6 Å². The lowest BCUT2D eigenvalue weighted by Crippen LogP contribution is -2.30. The van der Waals surface area contributed by atoms with Crippen LogP contribution in [0.25, 0.3) is 5.69 Å². The predicted octanol–water partition coefficient (Wildman–Crippen LogP) is 5.03. The maximum atomic E-state index is 11.9. The molecule has 1 saturated heterocycles. The van der Waals surface area contributed by atoms with Crippen molar-refractivity contribution in [2.45, 2.75) is 19.0 Å². The Labute approximate surface area is 227 Å². The van der Waals surface area contributed by atoms with E-state index in [1.807, 2.05) is 79.7 Å². The highest BCUT2D eigenvalue weighted by molar-refractivity contribution is 7.80. The summed E-state index contributed by atoms with van der Waals surface area (Å²) in [7, 11) is 1.49. The molecule has 0 saturated carbocycles. The first kappa shape index (κ1) is 25.4. The zero-order valence-electron chi connectivity index (χ0n) is 21.2. The number of nitrogens with one attached hydrogen (secondary N) is 2. The summed E-state index contributed by atoms with van der Waals surface area (Å²) in [6.45, 7) is 2.59. The first-order valence-electron chi connectivity index (χ1n) is 12.4. The third-order valence-corrected chi connectivity index (χ3v) is 6.63. The van der Waals surface area contributed by atoms with Crippen LogP contribution in [0.2, 0.25) is 0 Å². The summed E-state index contributed by atoms with van der Waals surface area (Å²) in [6.07, 6.45) is 3.84. The van der Waals surface area contributed by atoms with E-state index in [1.54, 1.807) is 6.20 Å². The second kappa shape index (κ2) is 11.5. The van der Waals surface area contributed by atoms with Gasteiger partial charge in [0.1, 0.15) is 18.4 Å². The molecule has 1 aliphatic rings. The Bertz CT molecular complexity index is 1390. The fraction of sp³-hybridized carbons (Fsp3) is 0.207. The van der Waals surface area contributed by atoms with Crippen LogP contribution in [0.1, 0.15) is 30.4 Å². The molecule has 1 fully saturated rings. The standard InChI is InChI=1S/C29H29N5O3S/c1-3-37-23-15-13-21(14-16-23)33-18-6-8-25(33)28-27(24-7-4-5-17-30-24)32-29(38)34(28)22-11-9-20(10-12-22)31-26(35)19-36-2/h4-18,27-28H,3,19H2,1-2H3,(H,31,35)(H,32,38). The van der Waals surface area contributed by atoms with Crippen LogP contribution in [0, 0.1) is 0 Å². The minimum Gasteiger partial charge on any atom is -0.494 e. The Balaban J connectivity index is 1.53. The summed E-state index contributed by atoms with van der Waals surface area (Å²) >= 11 is 5.87. The Kier molecular flexibility index (Phi) is 7.67. The molecule has 2 unspecified atom stereocenters. The van der Waals surface area contributed by atoms with Crippen LogP contribution < -0.4 is 20.3 Å². The molecule has 9 heteroatoms. The van der Waals surface area contributed by atoms with Crippen molar-refractivity contribution in [2.24, 2.45) is 0 Å². The number of aromatic nitrogens is 2. The predicted molar refractivity (Wildman–Crippen MR) is 152 cm³/mol. The molecule has 38 heavy (non-hydrogen) atoms. The number of hydrogen-bond donors (Lipinski definition) is 2. The van der Waals surface area contributed by atoms with E-state index in [1.165, 1.54) is 7.11 Å². The van der Waals surface area contributed by atoms with Crippen LogP contribution in [-0.4, -0.2) is 40.9 Å². The molecular formula is C29H29N5O3S. The van der Waals surface area contributed by atoms with Crippen LogP contribution in [0.15, 0.2) is 91.3 Å². The molecule has 1 aliphatic heterocycles. The molecule has 2 atom stereocenters. The molecule has 1 amide bonds. The Morgan fingerprint density at radius 3 is 2.47 bits per heavy atom. The van der Waals surface area contributed by atoms with Crippen molar-refractivity contribution in [2.75, 3.05) is 30.5 Å². The number of amides is 1. The molecule has 8 nitrogen and oxygen atoms in total. The Morgan fingerprint density at radius 2 is 1.79 bits per heavy atom. The number of rotatable bonds is 9. The lowest BCUT2D eigenvalue weighted by atomic mass is 10.0. The van der Waals surface area contributed by atoms with Crippen molar-refractivity contribution in [1.29, 1.82) is 0 Å². The monoisotopic (exact) mass is 527 g/mol. The molecule has 0 spiro atoms. The minimum atomic E-state index is -0.208. The highest BCUT2D eigenvalue weighted by Crippen LogP contribution is 2.42. The summed E-state index contributed by atoms with van der Waals surface area (Å²) < 4.78 is 12.7. The highest BCUT2D eigenvalue weighted by Gasteiger charge is 2.42. The molecule has 4 aromatic rings. The van der Waals surface area contributed by atoms with Gasteiger partial charge in [-0.15, -0.1) is 0 Å². The van der Waals surface area contributed by atoms with Gasteiger partial charge in [-0.25, -0.2) is 0 Å². The van der Waals surface area contributed by atoms with Crippen LogP contribution in [0.4, 0.5) is 11.4 Å². The zero-order valence-corrected chi connectivity index (χ0v) is 22.0. The van der Waals surface area contributed by atoms with Crippen molar-refractivity contribution in [1.82, 2.24) is 14.9 Å². The van der Waals surface area contributed by atoms with E-state index < -0.39 is 0 Å². The largest absolute Gasteiger partial charge is 0.494 e. The first-order valence-corrected chi connectivity index (χ1v) is 12.8. The average molecular weight is 528 g/mol. The molecule has 5 rings (SSSR count). The lowest BCUT2D eigenvalue weighted by Gasteiger charge is -2.29. The number of nitrogens with zero attached hydrogens (tertiary/aromatic N) is 3.